The summed E-state index contributed by atoms with van der Waals surface area (Å²) in [6, 6.07) is 11.9. The zero-order chi connectivity index (χ0) is 27.5. The first-order chi connectivity index (χ1) is 18.9. The fourth-order valence-corrected chi connectivity index (χ4v) is 5.44. The molecule has 0 aliphatic heterocycles. The Balaban J connectivity index is 1.53. The number of aryl methyl sites for hydroxylation is 1. The van der Waals surface area contributed by atoms with Crippen LogP contribution in [0.3, 0.4) is 0 Å². The molecule has 0 saturated carbocycles. The van der Waals surface area contributed by atoms with E-state index in [-0.39, 0.29) is 30.3 Å². The molecule has 2 atom stereocenters. The highest BCUT2D eigenvalue weighted by atomic mass is 32.2. The third-order valence-electron chi connectivity index (χ3n) is 6.81. The van der Waals surface area contributed by atoms with E-state index in [1.165, 1.54) is 22.0 Å². The molecule has 2 N–H and O–H groups in total. The second kappa shape index (κ2) is 11.5. The highest BCUT2D eigenvalue weighted by Gasteiger charge is 2.21. The second-order valence-corrected chi connectivity index (χ2v) is 11.0. The number of allylic oxidation sites excluding steroid dienone is 1. The average Bonchev–Trinajstić information content (AvgIpc) is 3.19. The monoisotopic (exact) mass is 548 g/mol. The largest absolute Gasteiger partial charge is 0.395 e. The minimum Gasteiger partial charge on any atom is -0.395 e. The van der Waals surface area contributed by atoms with E-state index in [1.807, 2.05) is 6.07 Å². The predicted octanol–water partition coefficient (Wildman–Crippen LogP) is 2.61. The van der Waals surface area contributed by atoms with Crippen LogP contribution in [0.15, 0.2) is 64.4 Å². The van der Waals surface area contributed by atoms with Crippen LogP contribution in [0.2, 0.25) is 0 Å². The number of likely N-dealkylation sites (N-methyl/N-ethyl adjacent to an activating group) is 1. The molecule has 204 valence electrons. The third-order valence-corrected chi connectivity index (χ3v) is 7.83. The summed E-state index contributed by atoms with van der Waals surface area (Å²) in [6.07, 6.45) is 6.27. The van der Waals surface area contributed by atoms with Crippen molar-refractivity contribution in [1.29, 1.82) is 0 Å². The Labute approximate surface area is 228 Å². The lowest BCUT2D eigenvalue weighted by Crippen LogP contribution is -2.33. The van der Waals surface area contributed by atoms with E-state index in [1.54, 1.807) is 29.0 Å². The first-order valence-corrected chi connectivity index (χ1v) is 14.2. The second-order valence-electron chi connectivity index (χ2n) is 9.64. The molecule has 11 nitrogen and oxygen atoms in total. The van der Waals surface area contributed by atoms with Crippen molar-refractivity contribution < 1.29 is 9.32 Å². The highest BCUT2D eigenvalue weighted by molar-refractivity contribution is 7.75. The Morgan fingerprint density at radius 2 is 2.10 bits per heavy atom. The standard InChI is InChI=1S/C27H32N8O3S/c1-4-12-34-26(37)22-17-28-27(29-20-10-8-19-16-21(33(2)3)11-9-18(19)15-20)31-25(22)35(34)24-7-5-6-23(30-24)32-39(38)14-13-36/h4-8,10,15,17,21,36,39H,1,9,11-14,16H2,2-3H3,(H,28,29,31). The number of aliphatic hydroxyl groups excluding tert-OH is 1. The maximum Gasteiger partial charge on any atom is 0.278 e. The number of hydrogen-bond donors (Lipinski definition) is 3. The number of pyridine rings is 1. The van der Waals surface area contributed by atoms with Gasteiger partial charge >= 0.3 is 0 Å². The summed E-state index contributed by atoms with van der Waals surface area (Å²) in [5.74, 6) is 1.02. The molecule has 0 bridgehead atoms. The van der Waals surface area contributed by atoms with Crippen LogP contribution in [0.25, 0.3) is 16.9 Å². The van der Waals surface area contributed by atoms with E-state index in [2.05, 4.69) is 57.4 Å². The molecular formula is C27H32N8O3S. The van der Waals surface area contributed by atoms with Gasteiger partial charge in [-0.3, -0.25) is 9.00 Å². The number of rotatable bonds is 9. The average molecular weight is 549 g/mol. The Kier molecular flexibility index (Phi) is 7.87. The summed E-state index contributed by atoms with van der Waals surface area (Å²) in [5, 5.41) is 12.7. The molecule has 0 spiro atoms. The zero-order valence-electron chi connectivity index (χ0n) is 22.0. The number of nitrogens with one attached hydrogen (secondary N) is 1. The molecule has 3 heterocycles. The molecule has 1 aromatic carbocycles. The number of aromatic nitrogens is 5. The van der Waals surface area contributed by atoms with Gasteiger partial charge in [0.2, 0.25) is 5.95 Å². The van der Waals surface area contributed by atoms with Gasteiger partial charge < -0.3 is 15.3 Å². The molecule has 0 saturated heterocycles. The van der Waals surface area contributed by atoms with Gasteiger partial charge in [-0.25, -0.2) is 19.3 Å². The van der Waals surface area contributed by atoms with Gasteiger partial charge in [0.15, 0.2) is 17.3 Å². The number of benzene rings is 1. The van der Waals surface area contributed by atoms with E-state index < -0.39 is 10.6 Å². The van der Waals surface area contributed by atoms with Gasteiger partial charge in [0.05, 0.1) is 18.9 Å². The van der Waals surface area contributed by atoms with Crippen LogP contribution in [0.4, 0.5) is 17.5 Å². The summed E-state index contributed by atoms with van der Waals surface area (Å²) >= 11 is 0. The molecule has 0 fully saturated rings. The molecule has 0 amide bonds. The van der Waals surface area contributed by atoms with E-state index in [0.29, 0.717) is 28.8 Å². The van der Waals surface area contributed by atoms with Crippen LogP contribution in [-0.2, 0) is 30.0 Å². The molecule has 0 radical (unpaired) electrons. The number of fused-ring (bicyclic) bond motifs is 2. The fraction of sp³-hybridized carbons (Fsp3) is 0.333. The van der Waals surface area contributed by atoms with Crippen LogP contribution in [0, 0.1) is 0 Å². The molecule has 4 aromatic rings. The summed E-state index contributed by atoms with van der Waals surface area (Å²) in [7, 11) is 2.26. The van der Waals surface area contributed by atoms with Gasteiger partial charge in [-0.05, 0) is 68.8 Å². The molecule has 1 aliphatic carbocycles. The van der Waals surface area contributed by atoms with Crippen LogP contribution < -0.4 is 10.9 Å². The number of thiol groups is 1. The number of anilines is 2. The van der Waals surface area contributed by atoms with Gasteiger partial charge in [0, 0.05) is 28.5 Å². The summed E-state index contributed by atoms with van der Waals surface area (Å²) < 4.78 is 19.2. The Bertz CT molecular complexity index is 1670. The SMILES string of the molecule is C=CCn1c(=O)c2cnc(Nc3ccc4c(c3)CCC(N(C)C)C4)nc2n1-c1cccc(/N=[SH](=O)/CCO)n1. The lowest BCUT2D eigenvalue weighted by Gasteiger charge is -2.30. The van der Waals surface area contributed by atoms with Crippen molar-refractivity contribution in [3.63, 3.8) is 0 Å². The van der Waals surface area contributed by atoms with Crippen molar-refractivity contribution in [2.75, 3.05) is 31.8 Å². The van der Waals surface area contributed by atoms with Crippen LogP contribution in [0.5, 0.6) is 0 Å². The molecular weight excluding hydrogens is 516 g/mol. The van der Waals surface area contributed by atoms with Gasteiger partial charge in [-0.1, -0.05) is 18.2 Å². The van der Waals surface area contributed by atoms with Gasteiger partial charge in [-0.15, -0.1) is 6.58 Å². The smallest absolute Gasteiger partial charge is 0.278 e. The van der Waals surface area contributed by atoms with Gasteiger partial charge in [0.1, 0.15) is 5.39 Å². The van der Waals surface area contributed by atoms with Crippen molar-refractivity contribution in [2.45, 2.75) is 31.8 Å². The summed E-state index contributed by atoms with van der Waals surface area (Å²) in [5.41, 5.74) is 3.64. The quantitative estimate of drug-likeness (QED) is 0.215. The lowest BCUT2D eigenvalue weighted by molar-refractivity contribution is 0.268. The Morgan fingerprint density at radius 1 is 1.26 bits per heavy atom. The maximum absolute atomic E-state index is 13.2. The van der Waals surface area contributed by atoms with Gasteiger partial charge in [0.25, 0.3) is 5.56 Å². The summed E-state index contributed by atoms with van der Waals surface area (Å²) in [4.78, 5) is 29.1. The highest BCUT2D eigenvalue weighted by Crippen LogP contribution is 2.27. The van der Waals surface area contributed by atoms with Crippen molar-refractivity contribution in [3.8, 4) is 5.82 Å². The fourth-order valence-electron chi connectivity index (χ4n) is 4.83. The summed E-state index contributed by atoms with van der Waals surface area (Å²) in [6.45, 7) is 3.77. The van der Waals surface area contributed by atoms with Crippen molar-refractivity contribution in [2.24, 2.45) is 4.36 Å². The first kappa shape index (κ1) is 26.7. The first-order valence-electron chi connectivity index (χ1n) is 12.8. The molecule has 5 rings (SSSR count). The minimum absolute atomic E-state index is 0.0516. The number of nitrogens with zero attached hydrogens (tertiary/aromatic N) is 7. The molecule has 3 aromatic heterocycles. The molecule has 12 heteroatoms. The normalized spacial score (nSPS) is 15.9. The van der Waals surface area contributed by atoms with E-state index in [0.717, 1.165) is 24.9 Å². The Morgan fingerprint density at radius 3 is 2.87 bits per heavy atom. The number of hydrogen-bond acceptors (Lipinski definition) is 9. The molecule has 1 aliphatic rings. The number of aliphatic hydroxyl groups is 1. The van der Waals surface area contributed by atoms with Crippen LogP contribution >= 0.6 is 0 Å². The van der Waals surface area contributed by atoms with E-state index >= 15 is 0 Å². The zero-order valence-corrected chi connectivity index (χ0v) is 22.9. The van der Waals surface area contributed by atoms with Crippen molar-refractivity contribution in [3.05, 3.63) is 76.7 Å². The molecule has 2 unspecified atom stereocenters. The minimum atomic E-state index is -1.99. The predicted molar refractivity (Wildman–Crippen MR) is 154 cm³/mol. The maximum atomic E-state index is 13.2. The topological polar surface area (TPSA) is 131 Å². The molecule has 39 heavy (non-hydrogen) atoms. The Hall–Kier alpha value is -3.87. The third kappa shape index (κ3) is 5.63. The van der Waals surface area contributed by atoms with Gasteiger partial charge in [-0.2, -0.15) is 9.35 Å². The van der Waals surface area contributed by atoms with Crippen molar-refractivity contribution in [1.82, 2.24) is 29.2 Å². The van der Waals surface area contributed by atoms with Crippen LogP contribution in [0.1, 0.15) is 17.5 Å². The van der Waals surface area contributed by atoms with Crippen LogP contribution in [-0.4, -0.2) is 71.0 Å². The van der Waals surface area contributed by atoms with Crippen molar-refractivity contribution >= 4 is 39.1 Å². The van der Waals surface area contributed by atoms with E-state index in [9.17, 15) is 9.00 Å². The van der Waals surface area contributed by atoms with E-state index in [4.69, 9.17) is 10.1 Å². The lowest BCUT2D eigenvalue weighted by atomic mass is 9.87.